The van der Waals surface area contributed by atoms with Gasteiger partial charge in [0.25, 0.3) is 0 Å². The number of rotatable bonds is 4. The van der Waals surface area contributed by atoms with Gasteiger partial charge in [-0.2, -0.15) is 0 Å². The first-order valence-corrected chi connectivity index (χ1v) is 16.3. The van der Waals surface area contributed by atoms with E-state index in [4.69, 9.17) is 28.1 Å². The fraction of sp³-hybridized carbons (Fsp3) is 0.639. The molecule has 0 amide bonds. The topological polar surface area (TPSA) is 145 Å². The molecule has 0 unspecified atom stereocenters. The number of aryl methyl sites for hydroxylation is 1. The zero-order valence-electron chi connectivity index (χ0n) is 28.6. The van der Waals surface area contributed by atoms with E-state index >= 15 is 0 Å². The van der Waals surface area contributed by atoms with Crippen molar-refractivity contribution in [2.45, 2.75) is 124 Å². The first kappa shape index (κ1) is 31.7. The molecule has 2 aliphatic carbocycles. The van der Waals surface area contributed by atoms with Crippen molar-refractivity contribution in [1.82, 2.24) is 0 Å². The predicted molar refractivity (Wildman–Crippen MR) is 165 cm³/mol. The molecule has 252 valence electrons. The molecular formula is C36H42O11. The van der Waals surface area contributed by atoms with E-state index < -0.39 is 74.5 Å². The minimum atomic E-state index is -1.59. The first-order chi connectivity index (χ1) is 21.6. The fourth-order valence-corrected chi connectivity index (χ4v) is 8.83. The molecule has 47 heavy (non-hydrogen) atoms. The SMILES string of the molecule is Cc1oc2c3c(ccc2c(=O)c1C)OC(C)(C)[C@H](OC(=O)[C@@]12CC[C@@](C)(C(=O)O1)C2(C)C)[C@@H]3OC(=O)[C@@]12CC[C@@](C)(C(=O)O1)C2(C)C. The van der Waals surface area contributed by atoms with Gasteiger partial charge in [0.1, 0.15) is 22.7 Å². The lowest BCUT2D eigenvalue weighted by Crippen LogP contribution is -2.57. The summed E-state index contributed by atoms with van der Waals surface area (Å²) < 4.78 is 37.1. The number of ether oxygens (including phenoxy) is 5. The number of benzene rings is 1. The van der Waals surface area contributed by atoms with E-state index in [9.17, 15) is 24.0 Å². The van der Waals surface area contributed by atoms with E-state index in [2.05, 4.69) is 0 Å². The Hall–Kier alpha value is -3.89. The molecule has 7 rings (SSSR count). The normalized spacial score (nSPS) is 36.8. The Morgan fingerprint density at radius 1 is 0.723 bits per heavy atom. The molecule has 1 aromatic carbocycles. The lowest BCUT2D eigenvalue weighted by atomic mass is 9.66. The molecule has 1 aromatic heterocycles. The van der Waals surface area contributed by atoms with E-state index in [0.717, 1.165) is 0 Å². The van der Waals surface area contributed by atoms with Gasteiger partial charge in [0.15, 0.2) is 17.6 Å². The largest absolute Gasteiger partial charge is 0.483 e. The van der Waals surface area contributed by atoms with Crippen LogP contribution in [0.1, 0.15) is 104 Å². The number of hydrogen-bond acceptors (Lipinski definition) is 11. The Morgan fingerprint density at radius 3 is 1.70 bits per heavy atom. The average molecular weight is 651 g/mol. The van der Waals surface area contributed by atoms with Gasteiger partial charge in [-0.25, -0.2) is 9.59 Å². The van der Waals surface area contributed by atoms with Crippen molar-refractivity contribution in [3.8, 4) is 5.75 Å². The fourth-order valence-electron chi connectivity index (χ4n) is 8.83. The number of carbonyl (C=O) groups excluding carboxylic acids is 4. The molecule has 4 fully saturated rings. The Morgan fingerprint density at radius 2 is 1.23 bits per heavy atom. The Balaban J connectivity index is 1.38. The maximum Gasteiger partial charge on any atom is 0.351 e. The van der Waals surface area contributed by atoms with Crippen LogP contribution in [-0.4, -0.2) is 46.8 Å². The van der Waals surface area contributed by atoms with Crippen molar-refractivity contribution in [1.29, 1.82) is 0 Å². The third-order valence-electron chi connectivity index (χ3n) is 13.4. The van der Waals surface area contributed by atoms with Gasteiger partial charge in [-0.05, 0) is 79.4 Å². The summed E-state index contributed by atoms with van der Waals surface area (Å²) in [7, 11) is 0. The van der Waals surface area contributed by atoms with Crippen molar-refractivity contribution >= 4 is 34.8 Å². The number of esters is 4. The molecule has 2 saturated carbocycles. The molecule has 0 spiro atoms. The van der Waals surface area contributed by atoms with Gasteiger partial charge in [0.05, 0.1) is 21.8 Å². The van der Waals surface area contributed by atoms with Gasteiger partial charge in [-0.3, -0.25) is 14.4 Å². The summed E-state index contributed by atoms with van der Waals surface area (Å²) in [5.74, 6) is -1.89. The lowest BCUT2D eigenvalue weighted by Gasteiger charge is -2.45. The minimum absolute atomic E-state index is 0.126. The molecule has 3 aliphatic heterocycles. The molecule has 5 aliphatic rings. The predicted octanol–water partition coefficient (Wildman–Crippen LogP) is 5.32. The summed E-state index contributed by atoms with van der Waals surface area (Å²) in [6.07, 6.45) is -1.28. The van der Waals surface area contributed by atoms with Crippen LogP contribution < -0.4 is 10.2 Å². The van der Waals surface area contributed by atoms with Crippen molar-refractivity contribution in [2.75, 3.05) is 0 Å². The molecule has 4 bridgehead atoms. The number of carbonyl (C=O) groups is 4. The maximum atomic E-state index is 14.5. The summed E-state index contributed by atoms with van der Waals surface area (Å²) in [5.41, 5.74) is -7.57. The second-order valence-electron chi connectivity index (χ2n) is 16.2. The summed E-state index contributed by atoms with van der Waals surface area (Å²) >= 11 is 0. The summed E-state index contributed by atoms with van der Waals surface area (Å²) in [4.78, 5) is 68.4. The highest BCUT2D eigenvalue weighted by Gasteiger charge is 2.78. The molecule has 6 atom stereocenters. The van der Waals surface area contributed by atoms with Gasteiger partial charge < -0.3 is 28.1 Å². The Labute approximate surface area is 272 Å². The van der Waals surface area contributed by atoms with Crippen molar-refractivity contribution < 1.29 is 47.3 Å². The monoisotopic (exact) mass is 650 g/mol. The standard InChI is InChI=1S/C36H42O11/c1-17-18(2)42-23-19(22(17)37)11-12-20-21(23)24(43-28(40)35-15-13-33(9,26(38)46-35)31(35,5)6)25(30(3,4)45-20)44-29(41)36-16-14-34(10,27(39)47-36)32(36,7)8/h11-12,24-25H,13-16H2,1-10H3/t24-,25-,33+,34+,35-,36-/m1/s1. The van der Waals surface area contributed by atoms with E-state index in [1.165, 1.54) is 0 Å². The van der Waals surface area contributed by atoms with Crippen LogP contribution in [0.15, 0.2) is 21.3 Å². The molecule has 11 heteroatoms. The van der Waals surface area contributed by atoms with E-state index in [1.54, 1.807) is 53.7 Å². The first-order valence-electron chi connectivity index (χ1n) is 16.3. The number of hydrogen-bond donors (Lipinski definition) is 0. The second kappa shape index (κ2) is 8.96. The van der Waals surface area contributed by atoms with Crippen molar-refractivity contribution in [2.24, 2.45) is 21.7 Å². The Bertz CT molecular complexity index is 1880. The second-order valence-corrected chi connectivity index (χ2v) is 16.2. The third kappa shape index (κ3) is 3.45. The van der Waals surface area contributed by atoms with Crippen LogP contribution in [0, 0.1) is 35.5 Å². The van der Waals surface area contributed by atoms with Crippen LogP contribution in [0.3, 0.4) is 0 Å². The summed E-state index contributed by atoms with van der Waals surface area (Å²) in [5, 5.41) is 0.233. The van der Waals surface area contributed by atoms with Gasteiger partial charge in [-0.1, -0.05) is 27.7 Å². The number of fused-ring (bicyclic) bond motifs is 7. The highest BCUT2D eigenvalue weighted by atomic mass is 16.7. The molecule has 0 radical (unpaired) electrons. The van der Waals surface area contributed by atoms with Crippen molar-refractivity contribution in [3.63, 3.8) is 0 Å². The molecule has 2 saturated heterocycles. The van der Waals surface area contributed by atoms with Gasteiger partial charge >= 0.3 is 23.9 Å². The maximum absolute atomic E-state index is 14.5. The highest BCUT2D eigenvalue weighted by molar-refractivity contribution is 5.95. The third-order valence-corrected chi connectivity index (χ3v) is 13.4. The van der Waals surface area contributed by atoms with Crippen LogP contribution in [-0.2, 0) is 38.1 Å². The highest BCUT2D eigenvalue weighted by Crippen LogP contribution is 2.67. The smallest absolute Gasteiger partial charge is 0.351 e. The van der Waals surface area contributed by atoms with Crippen molar-refractivity contribution in [3.05, 3.63) is 39.2 Å². The molecule has 11 nitrogen and oxygen atoms in total. The van der Waals surface area contributed by atoms with Gasteiger partial charge in [0, 0.05) is 16.4 Å². The van der Waals surface area contributed by atoms with Crippen LogP contribution in [0.25, 0.3) is 11.0 Å². The van der Waals surface area contributed by atoms with Crippen LogP contribution in [0.4, 0.5) is 0 Å². The minimum Gasteiger partial charge on any atom is -0.483 e. The van der Waals surface area contributed by atoms with Crippen LogP contribution in [0.5, 0.6) is 5.75 Å². The van der Waals surface area contributed by atoms with E-state index in [0.29, 0.717) is 24.2 Å². The van der Waals surface area contributed by atoms with E-state index in [1.807, 2.05) is 27.7 Å². The van der Waals surface area contributed by atoms with Crippen LogP contribution >= 0.6 is 0 Å². The average Bonchev–Trinajstić information content (AvgIpc) is 3.45. The molecule has 2 aromatic rings. The zero-order valence-corrected chi connectivity index (χ0v) is 28.6. The Kier molecular flexibility index (Phi) is 6.04. The van der Waals surface area contributed by atoms with Gasteiger partial charge in [-0.15, -0.1) is 0 Å². The quantitative estimate of drug-likeness (QED) is 0.313. The van der Waals surface area contributed by atoms with E-state index in [-0.39, 0.29) is 40.6 Å². The van der Waals surface area contributed by atoms with Gasteiger partial charge in [0.2, 0.25) is 11.2 Å². The molecule has 0 N–H and O–H groups in total. The lowest BCUT2D eigenvalue weighted by molar-refractivity contribution is -0.217. The summed E-state index contributed by atoms with van der Waals surface area (Å²) in [6, 6.07) is 3.20. The zero-order chi connectivity index (χ0) is 34.5. The van der Waals surface area contributed by atoms with Crippen LogP contribution in [0.2, 0.25) is 0 Å². The molecule has 4 heterocycles. The summed E-state index contributed by atoms with van der Waals surface area (Å²) in [6.45, 7) is 17.6. The molecular weight excluding hydrogens is 608 g/mol.